The van der Waals surface area contributed by atoms with Crippen molar-refractivity contribution >= 4 is 29.0 Å². The van der Waals surface area contributed by atoms with Crippen LogP contribution < -0.4 is 5.32 Å². The van der Waals surface area contributed by atoms with Crippen LogP contribution in [0.1, 0.15) is 54.4 Å². The highest BCUT2D eigenvalue weighted by atomic mass is 35.5. The molecule has 6 nitrogen and oxygen atoms in total. The molecule has 4 saturated carbocycles. The Balaban J connectivity index is 1.31. The molecule has 0 radical (unpaired) electrons. The lowest BCUT2D eigenvalue weighted by atomic mass is 9.46. The van der Waals surface area contributed by atoms with Crippen molar-refractivity contribution in [3.05, 3.63) is 77.3 Å². The highest BCUT2D eigenvalue weighted by Crippen LogP contribution is 2.64. The number of hydrogen-bond acceptors (Lipinski definition) is 4. The maximum atomic E-state index is 13.9. The highest BCUT2D eigenvalue weighted by molar-refractivity contribution is 6.28. The first-order valence-electron chi connectivity index (χ1n) is 11.5. The maximum absolute atomic E-state index is 13.9. The molecule has 0 aliphatic heterocycles. The zero-order valence-electron chi connectivity index (χ0n) is 18.2. The molecule has 1 aromatic heterocycles. The number of ketones is 1. The number of rotatable bonds is 5. The van der Waals surface area contributed by atoms with E-state index >= 15 is 0 Å². The van der Waals surface area contributed by atoms with Gasteiger partial charge < -0.3 is 5.32 Å². The summed E-state index contributed by atoms with van der Waals surface area (Å²) in [6, 6.07) is 16.5. The van der Waals surface area contributed by atoms with Gasteiger partial charge in [-0.3, -0.25) is 9.59 Å². The van der Waals surface area contributed by atoms with Crippen molar-refractivity contribution in [1.82, 2.24) is 14.8 Å². The van der Waals surface area contributed by atoms with E-state index in [0.717, 1.165) is 32.1 Å². The molecule has 1 heterocycles. The number of halogens is 1. The molecule has 168 valence electrons. The summed E-state index contributed by atoms with van der Waals surface area (Å²) in [5.74, 6) is 0.897. The number of nitrogens with one attached hydrogen (secondary N) is 1. The number of anilines is 1. The largest absolute Gasteiger partial charge is 0.325 e. The summed E-state index contributed by atoms with van der Waals surface area (Å²) in [6.45, 7) is 0. The topological polar surface area (TPSA) is 76.9 Å². The second kappa shape index (κ2) is 7.52. The first-order valence-corrected chi connectivity index (χ1v) is 11.9. The van der Waals surface area contributed by atoms with E-state index in [2.05, 4.69) is 15.4 Å². The molecular formula is C26H25ClN4O2. The van der Waals surface area contributed by atoms with Crippen LogP contribution in [0.15, 0.2) is 60.9 Å². The van der Waals surface area contributed by atoms with E-state index in [1.807, 2.05) is 41.1 Å². The van der Waals surface area contributed by atoms with Crippen molar-refractivity contribution in [2.24, 2.45) is 17.3 Å². The molecule has 7 rings (SSSR count). The molecule has 2 aromatic carbocycles. The third-order valence-electron chi connectivity index (χ3n) is 7.92. The van der Waals surface area contributed by atoms with Crippen LogP contribution >= 0.6 is 11.6 Å². The Hall–Kier alpha value is -2.99. The Kier molecular flexibility index (Phi) is 4.70. The van der Waals surface area contributed by atoms with Crippen molar-refractivity contribution in [2.45, 2.75) is 44.1 Å². The zero-order chi connectivity index (χ0) is 22.6. The molecule has 4 fully saturated rings. The molecule has 0 spiro atoms. The lowest BCUT2D eigenvalue weighted by Crippen LogP contribution is -2.60. The van der Waals surface area contributed by atoms with E-state index in [0.29, 0.717) is 28.7 Å². The van der Waals surface area contributed by atoms with Gasteiger partial charge in [0, 0.05) is 11.1 Å². The van der Waals surface area contributed by atoms with Gasteiger partial charge >= 0.3 is 0 Å². The van der Waals surface area contributed by atoms with Gasteiger partial charge in [-0.1, -0.05) is 42.5 Å². The summed E-state index contributed by atoms with van der Waals surface area (Å²) >= 11 is 6.05. The van der Waals surface area contributed by atoms with Crippen molar-refractivity contribution in [3.63, 3.8) is 0 Å². The molecule has 1 N–H and O–H groups in total. The Morgan fingerprint density at radius 3 is 2.36 bits per heavy atom. The average Bonchev–Trinajstić information content (AvgIpc) is 3.26. The van der Waals surface area contributed by atoms with Crippen LogP contribution in [0.2, 0.25) is 5.28 Å². The Morgan fingerprint density at radius 2 is 1.67 bits per heavy atom. The minimum atomic E-state index is -0.467. The highest BCUT2D eigenvalue weighted by Gasteiger charge is 2.61. The van der Waals surface area contributed by atoms with Crippen LogP contribution in [-0.2, 0) is 10.3 Å². The number of carbonyl (C=O) groups is 2. The number of benzene rings is 2. The van der Waals surface area contributed by atoms with Crippen molar-refractivity contribution < 1.29 is 9.59 Å². The standard InChI is InChI=1S/C26H25ClN4O2/c27-24-28-16-31(30-24)26-13-17-10-18(14-26)12-25(11-17,15-26)23(33)29-21-9-5-4-8-20(21)22(32)19-6-2-1-3-7-19/h1-9,16-18H,10-15H2,(H,29,33)/t17-,18-,25?,26?/m0/s1. The molecule has 4 aliphatic rings. The van der Waals surface area contributed by atoms with Crippen molar-refractivity contribution in [2.75, 3.05) is 5.32 Å². The van der Waals surface area contributed by atoms with E-state index < -0.39 is 5.41 Å². The van der Waals surface area contributed by atoms with Crippen LogP contribution in [0.4, 0.5) is 5.69 Å². The fourth-order valence-electron chi connectivity index (χ4n) is 7.01. The van der Waals surface area contributed by atoms with E-state index in [4.69, 9.17) is 11.6 Å². The number of hydrogen-bond donors (Lipinski definition) is 1. The first kappa shape index (κ1) is 20.6. The fourth-order valence-corrected chi connectivity index (χ4v) is 7.13. The Labute approximate surface area is 197 Å². The van der Waals surface area contributed by atoms with Crippen molar-refractivity contribution in [1.29, 1.82) is 0 Å². The second-order valence-electron chi connectivity index (χ2n) is 10.1. The summed E-state index contributed by atoms with van der Waals surface area (Å²) in [6.07, 6.45) is 7.41. The molecular weight excluding hydrogens is 436 g/mol. The number of amides is 1. The number of para-hydroxylation sites is 1. The fraction of sp³-hybridized carbons (Fsp3) is 0.385. The van der Waals surface area contributed by atoms with E-state index in [9.17, 15) is 9.59 Å². The molecule has 2 atom stereocenters. The summed E-state index contributed by atoms with van der Waals surface area (Å²) in [5.41, 5.74) is 1.02. The number of aromatic nitrogens is 3. The van der Waals surface area contributed by atoms with Crippen LogP contribution in [0.5, 0.6) is 0 Å². The van der Waals surface area contributed by atoms with Gasteiger partial charge in [-0.15, -0.1) is 5.10 Å². The molecule has 1 amide bonds. The first-order chi connectivity index (χ1) is 16.0. The van der Waals surface area contributed by atoms with Crippen LogP contribution in [0.25, 0.3) is 0 Å². The average molecular weight is 461 g/mol. The van der Waals surface area contributed by atoms with Gasteiger partial charge in [-0.2, -0.15) is 0 Å². The predicted molar refractivity (Wildman–Crippen MR) is 125 cm³/mol. The van der Waals surface area contributed by atoms with Gasteiger partial charge in [-0.25, -0.2) is 9.67 Å². The third-order valence-corrected chi connectivity index (χ3v) is 8.09. The molecule has 4 aliphatic carbocycles. The van der Waals surface area contributed by atoms with Gasteiger partial charge in [0.2, 0.25) is 11.2 Å². The summed E-state index contributed by atoms with van der Waals surface area (Å²) in [5, 5.41) is 7.85. The number of carbonyl (C=O) groups excluding carboxylic acids is 2. The van der Waals surface area contributed by atoms with Gasteiger partial charge in [-0.05, 0) is 74.1 Å². The SMILES string of the molecule is O=C(c1ccccc1)c1ccccc1NC(=O)C12C[C@@H]3C[C@@H](C1)CC(n1cnc(Cl)n1)(C3)C2. The van der Waals surface area contributed by atoms with Crippen molar-refractivity contribution in [3.8, 4) is 0 Å². The Bertz CT molecular complexity index is 1220. The Morgan fingerprint density at radius 1 is 0.970 bits per heavy atom. The van der Waals surface area contributed by atoms with Gasteiger partial charge in [0.25, 0.3) is 0 Å². The zero-order valence-corrected chi connectivity index (χ0v) is 19.0. The van der Waals surface area contributed by atoms with E-state index in [1.54, 1.807) is 24.5 Å². The number of nitrogens with zero attached hydrogens (tertiary/aromatic N) is 3. The second-order valence-corrected chi connectivity index (χ2v) is 10.5. The normalized spacial score (nSPS) is 29.7. The van der Waals surface area contributed by atoms with Gasteiger partial charge in [0.1, 0.15) is 6.33 Å². The van der Waals surface area contributed by atoms with Crippen LogP contribution in [-0.4, -0.2) is 26.5 Å². The molecule has 33 heavy (non-hydrogen) atoms. The summed E-state index contributed by atoms with van der Waals surface area (Å²) in [4.78, 5) is 31.2. The lowest BCUT2D eigenvalue weighted by molar-refractivity contribution is -0.150. The van der Waals surface area contributed by atoms with E-state index in [1.165, 1.54) is 6.42 Å². The van der Waals surface area contributed by atoms with Crippen LogP contribution in [0, 0.1) is 17.3 Å². The third kappa shape index (κ3) is 3.39. The molecule has 7 heteroatoms. The lowest BCUT2D eigenvalue weighted by Gasteiger charge is -2.60. The summed E-state index contributed by atoms with van der Waals surface area (Å²) < 4.78 is 1.92. The quantitative estimate of drug-likeness (QED) is 0.537. The van der Waals surface area contributed by atoms with Gasteiger partial charge in [0.05, 0.1) is 16.6 Å². The maximum Gasteiger partial charge on any atom is 0.242 e. The predicted octanol–water partition coefficient (Wildman–Crippen LogP) is 5.10. The van der Waals surface area contributed by atoms with Gasteiger partial charge in [0.15, 0.2) is 5.78 Å². The molecule has 4 bridgehead atoms. The molecule has 0 unspecified atom stereocenters. The summed E-state index contributed by atoms with van der Waals surface area (Å²) in [7, 11) is 0. The minimum absolute atomic E-state index is 0.0144. The monoisotopic (exact) mass is 460 g/mol. The molecule has 3 aromatic rings. The van der Waals surface area contributed by atoms with Crippen LogP contribution in [0.3, 0.4) is 0 Å². The smallest absolute Gasteiger partial charge is 0.242 e. The van der Waals surface area contributed by atoms with E-state index in [-0.39, 0.29) is 22.5 Å². The minimum Gasteiger partial charge on any atom is -0.325 e. The molecule has 0 saturated heterocycles.